The van der Waals surface area contributed by atoms with Crippen molar-refractivity contribution in [1.29, 1.82) is 0 Å². The average molecular weight is 379 g/mol. The minimum absolute atomic E-state index is 0.738. The Hall–Kier alpha value is -1.56. The fraction of sp³-hybridized carbons (Fsp3) is 0.368. The third kappa shape index (κ3) is 3.68. The lowest BCUT2D eigenvalue weighted by molar-refractivity contribution is 0.391. The minimum Gasteiger partial charge on any atom is -0.495 e. The molecule has 0 fully saturated rings. The number of nitrogens with zero attached hydrogens (tertiary/aromatic N) is 2. The van der Waals surface area contributed by atoms with E-state index in [0.29, 0.717) is 0 Å². The first kappa shape index (κ1) is 18.2. The van der Waals surface area contributed by atoms with Crippen LogP contribution in [0.25, 0.3) is 0 Å². The van der Waals surface area contributed by atoms with Gasteiger partial charge in [-0.1, -0.05) is 23.4 Å². The maximum atomic E-state index is 6.29. The van der Waals surface area contributed by atoms with Crippen LogP contribution in [0.2, 0.25) is 5.02 Å². The highest BCUT2D eigenvalue weighted by Crippen LogP contribution is 2.55. The van der Waals surface area contributed by atoms with Gasteiger partial charge >= 0.3 is 0 Å². The zero-order chi connectivity index (χ0) is 18.0. The third-order valence-corrected chi connectivity index (χ3v) is 5.58. The maximum absolute atomic E-state index is 6.29. The molecule has 2 aromatic rings. The van der Waals surface area contributed by atoms with Gasteiger partial charge in [0.15, 0.2) is 0 Å². The zero-order valence-electron chi connectivity index (χ0n) is 15.0. The summed E-state index contributed by atoms with van der Waals surface area (Å²) in [6, 6.07) is 9.96. The minimum atomic E-state index is 0.738. The molecule has 4 nitrogen and oxygen atoms in total. The standard InChI is InChI=1S/C19H23ClN2O2S/c1-21(2)10-5-11-22-14-12-13(20)6-9-17(14)25-19-16(24-4)8-7-15(23-3)18(19)22/h6-9,12H,5,10-11H2,1-4H3. The van der Waals surface area contributed by atoms with Gasteiger partial charge in [-0.3, -0.25) is 0 Å². The normalized spacial score (nSPS) is 12.8. The monoisotopic (exact) mass is 378 g/mol. The number of anilines is 2. The van der Waals surface area contributed by atoms with E-state index in [0.717, 1.165) is 52.3 Å². The Labute approximate surface area is 158 Å². The molecule has 0 N–H and O–H groups in total. The van der Waals surface area contributed by atoms with E-state index in [1.54, 1.807) is 26.0 Å². The van der Waals surface area contributed by atoms with E-state index < -0.39 is 0 Å². The van der Waals surface area contributed by atoms with Crippen molar-refractivity contribution in [3.63, 3.8) is 0 Å². The topological polar surface area (TPSA) is 24.9 Å². The predicted molar refractivity (Wildman–Crippen MR) is 105 cm³/mol. The SMILES string of the molecule is COc1ccc(OC)c2c1Sc1ccc(Cl)cc1N2CCCN(C)C. The van der Waals surface area contributed by atoms with Crippen LogP contribution in [0.15, 0.2) is 40.1 Å². The summed E-state index contributed by atoms with van der Waals surface area (Å²) >= 11 is 7.99. The number of halogens is 1. The third-order valence-electron chi connectivity index (χ3n) is 4.18. The van der Waals surface area contributed by atoms with Gasteiger partial charge in [-0.25, -0.2) is 0 Å². The largest absolute Gasteiger partial charge is 0.495 e. The summed E-state index contributed by atoms with van der Waals surface area (Å²) in [5.41, 5.74) is 2.18. The van der Waals surface area contributed by atoms with Crippen LogP contribution in [0.4, 0.5) is 11.4 Å². The van der Waals surface area contributed by atoms with Gasteiger partial charge in [0.1, 0.15) is 17.2 Å². The van der Waals surface area contributed by atoms with Crippen molar-refractivity contribution in [2.24, 2.45) is 0 Å². The van der Waals surface area contributed by atoms with Gasteiger partial charge in [0.2, 0.25) is 0 Å². The van der Waals surface area contributed by atoms with Gasteiger partial charge in [-0.2, -0.15) is 0 Å². The quantitative estimate of drug-likeness (QED) is 0.711. The highest BCUT2D eigenvalue weighted by atomic mass is 35.5. The van der Waals surface area contributed by atoms with Crippen LogP contribution >= 0.6 is 23.4 Å². The first-order valence-corrected chi connectivity index (χ1v) is 9.39. The summed E-state index contributed by atoms with van der Waals surface area (Å²) in [5, 5.41) is 0.738. The number of hydrogen-bond acceptors (Lipinski definition) is 5. The van der Waals surface area contributed by atoms with Crippen LogP contribution in [0.5, 0.6) is 11.5 Å². The molecule has 25 heavy (non-hydrogen) atoms. The van der Waals surface area contributed by atoms with Gasteiger partial charge in [-0.05, 0) is 57.4 Å². The van der Waals surface area contributed by atoms with E-state index >= 15 is 0 Å². The first-order valence-electron chi connectivity index (χ1n) is 8.19. The highest BCUT2D eigenvalue weighted by molar-refractivity contribution is 7.99. The highest BCUT2D eigenvalue weighted by Gasteiger charge is 2.29. The predicted octanol–water partition coefficient (Wildman–Crippen LogP) is 4.91. The molecule has 3 rings (SSSR count). The molecule has 0 aromatic heterocycles. The molecule has 1 heterocycles. The van der Waals surface area contributed by atoms with E-state index in [9.17, 15) is 0 Å². The van der Waals surface area contributed by atoms with Crippen molar-refractivity contribution >= 4 is 34.7 Å². The van der Waals surface area contributed by atoms with Gasteiger partial charge < -0.3 is 19.3 Å². The van der Waals surface area contributed by atoms with Crippen molar-refractivity contribution in [2.45, 2.75) is 16.2 Å². The average Bonchev–Trinajstić information content (AvgIpc) is 2.60. The molecular formula is C19H23ClN2O2S. The van der Waals surface area contributed by atoms with Crippen molar-refractivity contribution in [1.82, 2.24) is 4.90 Å². The molecule has 0 bridgehead atoms. The van der Waals surface area contributed by atoms with Crippen molar-refractivity contribution in [3.05, 3.63) is 35.4 Å². The smallest absolute Gasteiger partial charge is 0.143 e. The van der Waals surface area contributed by atoms with E-state index in [4.69, 9.17) is 21.1 Å². The zero-order valence-corrected chi connectivity index (χ0v) is 16.6. The molecule has 0 spiro atoms. The summed E-state index contributed by atoms with van der Waals surface area (Å²) < 4.78 is 11.3. The van der Waals surface area contributed by atoms with Gasteiger partial charge in [-0.15, -0.1) is 0 Å². The van der Waals surface area contributed by atoms with E-state index in [1.807, 2.05) is 24.3 Å². The van der Waals surface area contributed by atoms with Crippen molar-refractivity contribution < 1.29 is 9.47 Å². The van der Waals surface area contributed by atoms with E-state index in [-0.39, 0.29) is 0 Å². The second-order valence-corrected chi connectivity index (χ2v) is 7.66. The molecule has 1 aliphatic heterocycles. The van der Waals surface area contributed by atoms with Crippen molar-refractivity contribution in [2.75, 3.05) is 46.3 Å². The first-order chi connectivity index (χ1) is 12.0. The molecular weight excluding hydrogens is 356 g/mol. The van der Waals surface area contributed by atoms with Crippen LogP contribution in [0.3, 0.4) is 0 Å². The maximum Gasteiger partial charge on any atom is 0.143 e. The molecule has 0 amide bonds. The number of benzene rings is 2. The molecule has 0 unspecified atom stereocenters. The molecule has 134 valence electrons. The Morgan fingerprint density at radius 1 is 1.08 bits per heavy atom. The van der Waals surface area contributed by atoms with Crippen LogP contribution in [-0.4, -0.2) is 46.3 Å². The number of methoxy groups -OCH3 is 2. The second-order valence-electron chi connectivity index (χ2n) is 6.17. The second kappa shape index (κ2) is 7.77. The Morgan fingerprint density at radius 3 is 2.48 bits per heavy atom. The molecule has 1 aliphatic rings. The lowest BCUT2D eigenvalue weighted by Crippen LogP contribution is -2.26. The Bertz CT molecular complexity index is 767. The van der Waals surface area contributed by atoms with Crippen LogP contribution in [0, 0.1) is 0 Å². The van der Waals surface area contributed by atoms with Crippen LogP contribution in [-0.2, 0) is 0 Å². The molecule has 0 atom stereocenters. The van der Waals surface area contributed by atoms with E-state index in [2.05, 4.69) is 30.0 Å². The fourth-order valence-electron chi connectivity index (χ4n) is 3.01. The summed E-state index contributed by atoms with van der Waals surface area (Å²) in [5.74, 6) is 1.71. The Kier molecular flexibility index (Phi) is 5.67. The van der Waals surface area contributed by atoms with Gasteiger partial charge in [0, 0.05) is 16.5 Å². The summed E-state index contributed by atoms with van der Waals surface area (Å²) in [6.45, 7) is 1.89. The Morgan fingerprint density at radius 2 is 1.80 bits per heavy atom. The van der Waals surface area contributed by atoms with E-state index in [1.165, 1.54) is 4.90 Å². The molecule has 0 aliphatic carbocycles. The molecule has 0 saturated heterocycles. The molecule has 0 radical (unpaired) electrons. The summed E-state index contributed by atoms with van der Waals surface area (Å²) in [7, 11) is 7.59. The van der Waals surface area contributed by atoms with Crippen LogP contribution in [0.1, 0.15) is 6.42 Å². The van der Waals surface area contributed by atoms with Gasteiger partial charge in [0.05, 0.1) is 24.8 Å². The lowest BCUT2D eigenvalue weighted by Gasteiger charge is -2.35. The van der Waals surface area contributed by atoms with Crippen molar-refractivity contribution in [3.8, 4) is 11.5 Å². The van der Waals surface area contributed by atoms with Crippen LogP contribution < -0.4 is 14.4 Å². The number of ether oxygens (including phenoxy) is 2. The molecule has 2 aromatic carbocycles. The Balaban J connectivity index is 2.10. The molecule has 0 saturated carbocycles. The summed E-state index contributed by atoms with van der Waals surface area (Å²) in [6.07, 6.45) is 1.03. The number of rotatable bonds is 6. The number of fused-ring (bicyclic) bond motifs is 2. The van der Waals surface area contributed by atoms with Gasteiger partial charge in [0.25, 0.3) is 0 Å². The number of hydrogen-bond donors (Lipinski definition) is 0. The fourth-order valence-corrected chi connectivity index (χ4v) is 4.37. The molecule has 6 heteroatoms. The summed E-state index contributed by atoms with van der Waals surface area (Å²) in [4.78, 5) is 6.76. The lowest BCUT2D eigenvalue weighted by atomic mass is 10.2.